The monoisotopic (exact) mass is 353 g/mol. The van der Waals surface area contributed by atoms with Gasteiger partial charge in [0.2, 0.25) is 0 Å². The summed E-state index contributed by atoms with van der Waals surface area (Å²) in [4.78, 5) is 12.8. The molecule has 3 fully saturated rings. The second kappa shape index (κ2) is 5.84. The van der Waals surface area contributed by atoms with E-state index in [-0.39, 0.29) is 16.7 Å². The summed E-state index contributed by atoms with van der Waals surface area (Å²) in [5, 5.41) is 12.3. The first kappa shape index (κ1) is 16.6. The number of thioether (sulfide) groups is 1. The van der Waals surface area contributed by atoms with Crippen molar-refractivity contribution in [1.29, 1.82) is 0 Å². The molecule has 0 spiro atoms. The molecule has 2 saturated carbocycles. The summed E-state index contributed by atoms with van der Waals surface area (Å²) in [6.45, 7) is 7.03. The van der Waals surface area contributed by atoms with Crippen LogP contribution in [0.2, 0.25) is 0 Å². The molecule has 1 saturated heterocycles. The third kappa shape index (κ3) is 2.65. The molecule has 1 amide bonds. The van der Waals surface area contributed by atoms with Crippen molar-refractivity contribution >= 4 is 34.6 Å². The molecule has 4 rings (SSSR count). The van der Waals surface area contributed by atoms with Crippen molar-refractivity contribution in [2.75, 3.05) is 0 Å². The lowest BCUT2D eigenvalue weighted by Gasteiger charge is -2.34. The van der Waals surface area contributed by atoms with Gasteiger partial charge in [-0.05, 0) is 54.0 Å². The Hall–Kier alpha value is -1.88. The van der Waals surface area contributed by atoms with Gasteiger partial charge in [0.15, 0.2) is 5.17 Å². The Morgan fingerprint density at radius 1 is 1.20 bits per heavy atom. The normalized spacial score (nSPS) is 35.1. The van der Waals surface area contributed by atoms with Crippen molar-refractivity contribution in [2.24, 2.45) is 27.0 Å². The van der Waals surface area contributed by atoms with Crippen LogP contribution in [-0.2, 0) is 4.79 Å². The van der Waals surface area contributed by atoms with Crippen LogP contribution < -0.4 is 5.32 Å². The molecule has 1 heterocycles. The minimum atomic E-state index is -0.104. The van der Waals surface area contributed by atoms with Crippen molar-refractivity contribution < 1.29 is 4.79 Å². The fourth-order valence-electron chi connectivity index (χ4n) is 4.36. The fourth-order valence-corrected chi connectivity index (χ4v) is 5.13. The van der Waals surface area contributed by atoms with Crippen LogP contribution in [0.3, 0.4) is 0 Å². The first-order chi connectivity index (χ1) is 11.9. The van der Waals surface area contributed by atoms with E-state index in [9.17, 15) is 4.79 Å². The molecule has 2 bridgehead atoms. The van der Waals surface area contributed by atoms with Crippen molar-refractivity contribution in [2.45, 2.75) is 40.0 Å². The maximum Gasteiger partial charge on any atom is 0.264 e. The topological polar surface area (TPSA) is 53.8 Å². The van der Waals surface area contributed by atoms with Crippen molar-refractivity contribution in [3.8, 4) is 0 Å². The maximum atomic E-state index is 12.1. The lowest BCUT2D eigenvalue weighted by atomic mass is 9.70. The average molecular weight is 353 g/mol. The number of carbonyl (C=O) groups excluding carboxylic acids is 1. The van der Waals surface area contributed by atoms with Gasteiger partial charge in [-0.2, -0.15) is 5.10 Å². The van der Waals surface area contributed by atoms with Gasteiger partial charge in [0, 0.05) is 11.1 Å². The third-order valence-electron chi connectivity index (χ3n) is 6.52. The number of hydrogen-bond acceptors (Lipinski definition) is 4. The lowest BCUT2D eigenvalue weighted by molar-refractivity contribution is -0.115. The number of hydrogen-bond donors (Lipinski definition) is 1. The van der Waals surface area contributed by atoms with Crippen LogP contribution in [0.1, 0.15) is 45.6 Å². The number of nitrogens with zero attached hydrogens (tertiary/aromatic N) is 2. The number of carbonyl (C=O) groups is 1. The van der Waals surface area contributed by atoms with Crippen LogP contribution in [-0.4, -0.2) is 16.8 Å². The Morgan fingerprint density at radius 2 is 1.96 bits per heavy atom. The van der Waals surface area contributed by atoms with Gasteiger partial charge in [-0.1, -0.05) is 51.1 Å². The van der Waals surface area contributed by atoms with Gasteiger partial charge in [-0.25, -0.2) is 0 Å². The minimum absolute atomic E-state index is 0.104. The molecule has 0 unspecified atom stereocenters. The highest BCUT2D eigenvalue weighted by Gasteiger charge is 2.60. The summed E-state index contributed by atoms with van der Waals surface area (Å²) in [7, 11) is 0. The molecule has 2 atom stereocenters. The van der Waals surface area contributed by atoms with E-state index in [1.807, 2.05) is 36.4 Å². The molecule has 0 radical (unpaired) electrons. The Kier molecular flexibility index (Phi) is 3.87. The van der Waals surface area contributed by atoms with Gasteiger partial charge in [0.1, 0.15) is 0 Å². The van der Waals surface area contributed by atoms with Gasteiger partial charge < -0.3 is 0 Å². The second-order valence-electron chi connectivity index (χ2n) is 7.92. The van der Waals surface area contributed by atoms with Gasteiger partial charge >= 0.3 is 0 Å². The molecule has 25 heavy (non-hydrogen) atoms. The van der Waals surface area contributed by atoms with Gasteiger partial charge in [-0.15, -0.1) is 5.10 Å². The number of amidine groups is 1. The highest BCUT2D eigenvalue weighted by Crippen LogP contribution is 2.64. The van der Waals surface area contributed by atoms with E-state index in [1.54, 1.807) is 0 Å². The third-order valence-corrected chi connectivity index (χ3v) is 7.42. The summed E-state index contributed by atoms with van der Waals surface area (Å²) >= 11 is 1.36. The van der Waals surface area contributed by atoms with Crippen molar-refractivity contribution in [3.05, 3.63) is 40.8 Å². The average Bonchev–Trinajstić information content (AvgIpc) is 3.11. The van der Waals surface area contributed by atoms with E-state index >= 15 is 0 Å². The molecule has 1 aromatic carbocycles. The Labute approximate surface area is 152 Å². The quantitative estimate of drug-likeness (QED) is 0.631. The molecule has 4 nitrogen and oxygen atoms in total. The zero-order chi connectivity index (χ0) is 17.7. The van der Waals surface area contributed by atoms with Gasteiger partial charge in [0.05, 0.1) is 4.91 Å². The molecule has 130 valence electrons. The summed E-state index contributed by atoms with van der Waals surface area (Å²) < 4.78 is 0. The van der Waals surface area contributed by atoms with E-state index in [2.05, 4.69) is 36.3 Å². The predicted molar refractivity (Wildman–Crippen MR) is 104 cm³/mol. The zero-order valence-electron chi connectivity index (χ0n) is 14.9. The highest BCUT2D eigenvalue weighted by molar-refractivity contribution is 8.18. The van der Waals surface area contributed by atoms with E-state index in [0.717, 1.165) is 12.0 Å². The summed E-state index contributed by atoms with van der Waals surface area (Å²) in [5.74, 6) is 0.600. The summed E-state index contributed by atoms with van der Waals surface area (Å²) in [5.41, 5.74) is 2.63. The lowest BCUT2D eigenvalue weighted by Crippen LogP contribution is -2.32. The number of nitrogens with one attached hydrogen (secondary N) is 1. The highest BCUT2D eigenvalue weighted by atomic mass is 32.2. The van der Waals surface area contributed by atoms with E-state index in [0.29, 0.717) is 16.0 Å². The van der Waals surface area contributed by atoms with Crippen LogP contribution in [0.25, 0.3) is 6.08 Å². The minimum Gasteiger partial charge on any atom is -0.299 e. The molecule has 2 aliphatic carbocycles. The van der Waals surface area contributed by atoms with Gasteiger partial charge in [0.25, 0.3) is 5.91 Å². The van der Waals surface area contributed by atoms with Crippen LogP contribution >= 0.6 is 11.8 Å². The number of benzene rings is 1. The van der Waals surface area contributed by atoms with E-state index < -0.39 is 0 Å². The predicted octanol–water partition coefficient (Wildman–Crippen LogP) is 4.45. The molecular formula is C20H23N3OS. The van der Waals surface area contributed by atoms with Crippen LogP contribution in [0.5, 0.6) is 0 Å². The Bertz CT molecular complexity index is 809. The smallest absolute Gasteiger partial charge is 0.264 e. The Morgan fingerprint density at radius 3 is 2.60 bits per heavy atom. The number of fused-ring (bicyclic) bond motifs is 2. The second-order valence-corrected chi connectivity index (χ2v) is 8.95. The maximum absolute atomic E-state index is 12.1. The molecule has 3 aliphatic rings. The van der Waals surface area contributed by atoms with Gasteiger partial charge in [-0.3, -0.25) is 10.1 Å². The first-order valence-electron chi connectivity index (χ1n) is 8.81. The number of amides is 1. The molecule has 0 aromatic heterocycles. The van der Waals surface area contributed by atoms with Crippen LogP contribution in [0, 0.1) is 16.7 Å². The SMILES string of the molecule is CC1(C)[C@@H]2CC[C@@]1(C)/C(=N/N=C1/NC(=O)/C(=C/c3ccccc3)S1)C2. The molecule has 5 heteroatoms. The molecule has 1 aliphatic heterocycles. The largest absolute Gasteiger partial charge is 0.299 e. The van der Waals surface area contributed by atoms with E-state index in [4.69, 9.17) is 0 Å². The molecular weight excluding hydrogens is 330 g/mol. The molecule has 1 N–H and O–H groups in total. The fraction of sp³-hybridized carbons (Fsp3) is 0.450. The van der Waals surface area contributed by atoms with Crippen LogP contribution in [0.4, 0.5) is 0 Å². The van der Waals surface area contributed by atoms with E-state index in [1.165, 1.54) is 30.3 Å². The van der Waals surface area contributed by atoms with Crippen LogP contribution in [0.15, 0.2) is 45.4 Å². The molecule has 1 aromatic rings. The summed E-state index contributed by atoms with van der Waals surface area (Å²) in [6.07, 6.45) is 5.39. The standard InChI is InChI=1S/C20H23N3OS/c1-19(2)14-9-10-20(19,3)16(12-14)22-23-18-21-17(24)15(25-18)11-13-7-5-4-6-8-13/h4-8,11,14H,9-10,12H2,1-3H3,(H,21,23,24)/b15-11-,22-16+/t14-,20+/m1/s1. The number of rotatable bonds is 2. The van der Waals surface area contributed by atoms with Crippen molar-refractivity contribution in [1.82, 2.24) is 5.32 Å². The van der Waals surface area contributed by atoms with Crippen molar-refractivity contribution in [3.63, 3.8) is 0 Å². The zero-order valence-corrected chi connectivity index (χ0v) is 15.7. The Balaban J connectivity index is 1.55. The summed E-state index contributed by atoms with van der Waals surface area (Å²) in [6, 6.07) is 9.85. The first-order valence-corrected chi connectivity index (χ1v) is 9.63.